The van der Waals surface area contributed by atoms with Gasteiger partial charge in [-0.2, -0.15) is 0 Å². The summed E-state index contributed by atoms with van der Waals surface area (Å²) in [6, 6.07) is 7.86. The summed E-state index contributed by atoms with van der Waals surface area (Å²) in [6.07, 6.45) is 5.66. The molecule has 0 radical (unpaired) electrons. The summed E-state index contributed by atoms with van der Waals surface area (Å²) in [5, 5.41) is 3.58. The Morgan fingerprint density at radius 3 is 2.38 bits per heavy atom. The number of rotatable bonds is 6. The fraction of sp³-hybridized carbons (Fsp3) is 0.684. The summed E-state index contributed by atoms with van der Waals surface area (Å²) in [7, 11) is 0. The van der Waals surface area contributed by atoms with E-state index in [2.05, 4.69) is 56.1 Å². The van der Waals surface area contributed by atoms with E-state index >= 15 is 0 Å². The fourth-order valence-electron chi connectivity index (χ4n) is 2.93. The second-order valence-corrected chi connectivity index (χ2v) is 8.05. The first-order valence-electron chi connectivity index (χ1n) is 8.53. The van der Waals surface area contributed by atoms with Crippen LogP contribution in [0.15, 0.2) is 18.2 Å². The van der Waals surface area contributed by atoms with Crippen LogP contribution in [0.3, 0.4) is 0 Å². The van der Waals surface area contributed by atoms with Gasteiger partial charge in [-0.1, -0.05) is 12.1 Å². The molecule has 2 aliphatic rings. The van der Waals surface area contributed by atoms with E-state index in [4.69, 9.17) is 0 Å². The van der Waals surface area contributed by atoms with Crippen molar-refractivity contribution in [3.05, 3.63) is 29.3 Å². The topological polar surface area (TPSA) is 15.3 Å². The predicted octanol–water partition coefficient (Wildman–Crippen LogP) is 4.26. The van der Waals surface area contributed by atoms with Gasteiger partial charge in [-0.3, -0.25) is 0 Å². The van der Waals surface area contributed by atoms with Crippen molar-refractivity contribution >= 4 is 5.69 Å². The maximum atomic E-state index is 3.58. The van der Waals surface area contributed by atoms with Gasteiger partial charge >= 0.3 is 0 Å². The van der Waals surface area contributed by atoms with Crippen LogP contribution in [0.1, 0.15) is 57.6 Å². The van der Waals surface area contributed by atoms with Gasteiger partial charge in [0, 0.05) is 30.4 Å². The second kappa shape index (κ2) is 5.64. The van der Waals surface area contributed by atoms with Crippen molar-refractivity contribution in [1.29, 1.82) is 0 Å². The van der Waals surface area contributed by atoms with Crippen molar-refractivity contribution in [2.75, 3.05) is 11.4 Å². The molecule has 1 aromatic carbocycles. The van der Waals surface area contributed by atoms with Gasteiger partial charge in [0.25, 0.3) is 0 Å². The van der Waals surface area contributed by atoms with E-state index in [0.29, 0.717) is 0 Å². The quantitative estimate of drug-likeness (QED) is 0.840. The highest BCUT2D eigenvalue weighted by molar-refractivity contribution is 5.56. The maximum absolute atomic E-state index is 3.58. The van der Waals surface area contributed by atoms with Crippen LogP contribution in [0.5, 0.6) is 0 Å². The lowest BCUT2D eigenvalue weighted by molar-refractivity contribution is 0.424. The first-order valence-corrected chi connectivity index (χ1v) is 8.53. The van der Waals surface area contributed by atoms with Gasteiger partial charge in [0.05, 0.1) is 0 Å². The Hall–Kier alpha value is -1.02. The van der Waals surface area contributed by atoms with Crippen molar-refractivity contribution in [2.24, 2.45) is 5.92 Å². The average molecular weight is 286 g/mol. The number of hydrogen-bond acceptors (Lipinski definition) is 2. The molecule has 2 nitrogen and oxygen atoms in total. The SMILES string of the molecule is Cc1cc(CNC(C)(C)C)ccc1N(CC1CC1)C1CC1. The summed E-state index contributed by atoms with van der Waals surface area (Å²) in [5.74, 6) is 0.965. The molecule has 21 heavy (non-hydrogen) atoms. The van der Waals surface area contributed by atoms with Gasteiger partial charge in [0.1, 0.15) is 0 Å². The van der Waals surface area contributed by atoms with Crippen LogP contribution in [0.25, 0.3) is 0 Å². The number of anilines is 1. The molecule has 1 N–H and O–H groups in total. The molecule has 0 bridgehead atoms. The molecule has 0 heterocycles. The predicted molar refractivity (Wildman–Crippen MR) is 90.9 cm³/mol. The molecule has 0 saturated heterocycles. The van der Waals surface area contributed by atoms with E-state index < -0.39 is 0 Å². The molecule has 2 saturated carbocycles. The van der Waals surface area contributed by atoms with E-state index in [1.54, 1.807) is 0 Å². The van der Waals surface area contributed by atoms with Crippen LogP contribution >= 0.6 is 0 Å². The fourth-order valence-corrected chi connectivity index (χ4v) is 2.93. The molecule has 0 atom stereocenters. The molecule has 116 valence electrons. The first kappa shape index (κ1) is 14.9. The Bertz CT molecular complexity index is 493. The highest BCUT2D eigenvalue weighted by Gasteiger charge is 2.34. The van der Waals surface area contributed by atoms with Crippen LogP contribution in [-0.4, -0.2) is 18.1 Å². The lowest BCUT2D eigenvalue weighted by atomic mass is 10.1. The van der Waals surface area contributed by atoms with Gasteiger partial charge in [-0.05, 0) is 76.5 Å². The molecule has 0 aliphatic heterocycles. The van der Waals surface area contributed by atoms with E-state index in [1.807, 2.05) is 0 Å². The number of hydrogen-bond donors (Lipinski definition) is 1. The molecule has 0 amide bonds. The monoisotopic (exact) mass is 286 g/mol. The Balaban J connectivity index is 1.70. The number of nitrogens with one attached hydrogen (secondary N) is 1. The van der Waals surface area contributed by atoms with Crippen molar-refractivity contribution in [1.82, 2.24) is 5.32 Å². The number of aryl methyl sites for hydroxylation is 1. The lowest BCUT2D eigenvalue weighted by Crippen LogP contribution is -2.35. The van der Waals surface area contributed by atoms with Crippen LogP contribution in [0, 0.1) is 12.8 Å². The summed E-state index contributed by atoms with van der Waals surface area (Å²) in [4.78, 5) is 2.69. The minimum atomic E-state index is 0.179. The normalized spacial score (nSPS) is 18.9. The van der Waals surface area contributed by atoms with Crippen LogP contribution in [-0.2, 0) is 6.54 Å². The standard InChI is InChI=1S/C19H30N2/c1-14-11-16(12-20-19(2,3)4)7-10-18(14)21(17-8-9-17)13-15-5-6-15/h7,10-11,15,17,20H,5-6,8-9,12-13H2,1-4H3. The molecular weight excluding hydrogens is 256 g/mol. The largest absolute Gasteiger partial charge is 0.368 e. The van der Waals surface area contributed by atoms with E-state index in [1.165, 1.54) is 49.0 Å². The number of nitrogens with zero attached hydrogens (tertiary/aromatic N) is 1. The lowest BCUT2D eigenvalue weighted by Gasteiger charge is -2.27. The van der Waals surface area contributed by atoms with Gasteiger partial charge in [0.2, 0.25) is 0 Å². The minimum absolute atomic E-state index is 0.179. The Morgan fingerprint density at radius 1 is 1.14 bits per heavy atom. The van der Waals surface area contributed by atoms with Gasteiger partial charge < -0.3 is 10.2 Å². The van der Waals surface area contributed by atoms with Crippen molar-refractivity contribution in [2.45, 2.75) is 71.5 Å². The average Bonchev–Trinajstić information content (AvgIpc) is 3.24. The smallest absolute Gasteiger partial charge is 0.0398 e. The molecule has 0 aromatic heterocycles. The molecule has 2 aliphatic carbocycles. The van der Waals surface area contributed by atoms with Crippen LogP contribution < -0.4 is 10.2 Å². The minimum Gasteiger partial charge on any atom is -0.368 e. The van der Waals surface area contributed by atoms with E-state index in [-0.39, 0.29) is 5.54 Å². The third-order valence-electron chi connectivity index (χ3n) is 4.53. The summed E-state index contributed by atoms with van der Waals surface area (Å²) in [6.45, 7) is 11.2. The Labute approximate surface area is 129 Å². The Morgan fingerprint density at radius 2 is 1.86 bits per heavy atom. The molecule has 0 unspecified atom stereocenters. The zero-order chi connectivity index (χ0) is 15.0. The first-order chi connectivity index (χ1) is 9.92. The molecule has 3 rings (SSSR count). The summed E-state index contributed by atoms with van der Waals surface area (Å²) >= 11 is 0. The van der Waals surface area contributed by atoms with Crippen LogP contribution in [0.4, 0.5) is 5.69 Å². The Kier molecular flexibility index (Phi) is 4.00. The molecular formula is C19H30N2. The highest BCUT2D eigenvalue weighted by atomic mass is 15.2. The van der Waals surface area contributed by atoms with Crippen molar-refractivity contribution in [3.63, 3.8) is 0 Å². The van der Waals surface area contributed by atoms with Crippen molar-refractivity contribution in [3.8, 4) is 0 Å². The molecule has 2 heteroatoms. The number of benzene rings is 1. The van der Waals surface area contributed by atoms with E-state index in [9.17, 15) is 0 Å². The van der Waals surface area contributed by atoms with Crippen LogP contribution in [0.2, 0.25) is 0 Å². The molecule has 1 aromatic rings. The third-order valence-corrected chi connectivity index (χ3v) is 4.53. The van der Waals surface area contributed by atoms with Gasteiger partial charge in [-0.15, -0.1) is 0 Å². The maximum Gasteiger partial charge on any atom is 0.0398 e. The molecule has 0 spiro atoms. The zero-order valence-corrected chi connectivity index (χ0v) is 14.1. The zero-order valence-electron chi connectivity index (χ0n) is 14.1. The molecule has 2 fully saturated rings. The second-order valence-electron chi connectivity index (χ2n) is 8.05. The highest BCUT2D eigenvalue weighted by Crippen LogP contribution is 2.38. The third kappa shape index (κ3) is 4.23. The van der Waals surface area contributed by atoms with Gasteiger partial charge in [0.15, 0.2) is 0 Å². The summed E-state index contributed by atoms with van der Waals surface area (Å²) < 4.78 is 0. The van der Waals surface area contributed by atoms with Gasteiger partial charge in [-0.25, -0.2) is 0 Å². The van der Waals surface area contributed by atoms with E-state index in [0.717, 1.165) is 18.5 Å². The summed E-state index contributed by atoms with van der Waals surface area (Å²) in [5.41, 5.74) is 4.49. The van der Waals surface area contributed by atoms with Crippen molar-refractivity contribution < 1.29 is 0 Å².